The van der Waals surface area contributed by atoms with Crippen LogP contribution in [0.5, 0.6) is 0 Å². The highest BCUT2D eigenvalue weighted by Crippen LogP contribution is 2.20. The minimum atomic E-state index is -0.923. The van der Waals surface area contributed by atoms with E-state index in [1.165, 1.54) is 5.56 Å². The van der Waals surface area contributed by atoms with Crippen molar-refractivity contribution in [2.24, 2.45) is 0 Å². The summed E-state index contributed by atoms with van der Waals surface area (Å²) in [7, 11) is 0. The van der Waals surface area contributed by atoms with Crippen molar-refractivity contribution >= 4 is 5.97 Å². The van der Waals surface area contributed by atoms with Gasteiger partial charge in [0.2, 0.25) is 0 Å². The predicted molar refractivity (Wildman–Crippen MR) is 82.7 cm³/mol. The molecule has 0 unspecified atom stereocenters. The zero-order valence-electron chi connectivity index (χ0n) is 12.1. The average molecular weight is 293 g/mol. The quantitative estimate of drug-likeness (QED) is 0.803. The Kier molecular flexibility index (Phi) is 3.70. The molecule has 5 heteroatoms. The van der Waals surface area contributed by atoms with Gasteiger partial charge in [0.05, 0.1) is 24.0 Å². The zero-order valence-corrected chi connectivity index (χ0v) is 12.1. The first kappa shape index (κ1) is 14.0. The molecule has 1 heterocycles. The summed E-state index contributed by atoms with van der Waals surface area (Å²) in [5.41, 5.74) is 4.43. The molecule has 3 aromatic rings. The normalized spacial score (nSPS) is 10.6. The molecular formula is C17H15N3O2. The molecule has 0 amide bonds. The molecule has 0 bridgehead atoms. The fourth-order valence-electron chi connectivity index (χ4n) is 2.33. The molecular weight excluding hydrogens is 278 g/mol. The van der Waals surface area contributed by atoms with E-state index in [2.05, 4.69) is 16.4 Å². The van der Waals surface area contributed by atoms with Crippen LogP contribution in [0.3, 0.4) is 0 Å². The number of aromatic carboxylic acids is 1. The first-order valence-corrected chi connectivity index (χ1v) is 6.91. The van der Waals surface area contributed by atoms with Crippen LogP contribution in [0.4, 0.5) is 0 Å². The maximum absolute atomic E-state index is 10.9. The molecule has 0 saturated heterocycles. The molecule has 0 saturated carbocycles. The third kappa shape index (κ3) is 2.88. The first-order chi connectivity index (χ1) is 10.6. The van der Waals surface area contributed by atoms with Crippen LogP contribution in [-0.4, -0.2) is 26.1 Å². The van der Waals surface area contributed by atoms with Gasteiger partial charge >= 0.3 is 5.97 Å². The van der Waals surface area contributed by atoms with Crippen LogP contribution < -0.4 is 0 Å². The number of hydrogen-bond donors (Lipinski definition) is 1. The van der Waals surface area contributed by atoms with Gasteiger partial charge < -0.3 is 5.11 Å². The Hall–Kier alpha value is -2.95. The van der Waals surface area contributed by atoms with Crippen LogP contribution >= 0.6 is 0 Å². The van der Waals surface area contributed by atoms with E-state index >= 15 is 0 Å². The summed E-state index contributed by atoms with van der Waals surface area (Å²) >= 11 is 0. The molecule has 22 heavy (non-hydrogen) atoms. The lowest BCUT2D eigenvalue weighted by atomic mass is 10.1. The molecule has 0 radical (unpaired) electrons. The van der Waals surface area contributed by atoms with Gasteiger partial charge in [0.15, 0.2) is 0 Å². The van der Waals surface area contributed by atoms with Crippen molar-refractivity contribution in [1.82, 2.24) is 15.0 Å². The standard InChI is InChI=1S/C17H15N3O2/c1-12-3-2-4-15(9-12)16-10-18-19-20(16)11-13-5-7-14(8-6-13)17(21)22/h2-10H,11H2,1H3,(H,21,22). The number of hydrogen-bond acceptors (Lipinski definition) is 3. The molecule has 0 aliphatic carbocycles. The Balaban J connectivity index is 1.88. The van der Waals surface area contributed by atoms with Gasteiger partial charge in [-0.25, -0.2) is 9.48 Å². The Morgan fingerprint density at radius 1 is 1.18 bits per heavy atom. The molecule has 5 nitrogen and oxygen atoms in total. The van der Waals surface area contributed by atoms with E-state index in [0.29, 0.717) is 6.54 Å². The second-order valence-corrected chi connectivity index (χ2v) is 5.15. The molecule has 0 atom stereocenters. The van der Waals surface area contributed by atoms with Crippen LogP contribution in [0.1, 0.15) is 21.5 Å². The highest BCUT2D eigenvalue weighted by Gasteiger charge is 2.08. The van der Waals surface area contributed by atoms with Crippen LogP contribution in [-0.2, 0) is 6.54 Å². The summed E-state index contributed by atoms with van der Waals surface area (Å²) < 4.78 is 1.81. The summed E-state index contributed by atoms with van der Waals surface area (Å²) in [6.07, 6.45) is 1.74. The van der Waals surface area contributed by atoms with Gasteiger partial charge in [-0.2, -0.15) is 0 Å². The number of nitrogens with zero attached hydrogens (tertiary/aromatic N) is 3. The number of aryl methyl sites for hydroxylation is 1. The lowest BCUT2D eigenvalue weighted by Gasteiger charge is -2.07. The molecule has 0 fully saturated rings. The number of carboxylic acid groups (broad SMARTS) is 1. The fourth-order valence-corrected chi connectivity index (χ4v) is 2.33. The van der Waals surface area contributed by atoms with Crippen molar-refractivity contribution in [1.29, 1.82) is 0 Å². The lowest BCUT2D eigenvalue weighted by molar-refractivity contribution is 0.0697. The monoisotopic (exact) mass is 293 g/mol. The van der Waals surface area contributed by atoms with Crippen LogP contribution in [0.25, 0.3) is 11.3 Å². The number of rotatable bonds is 4. The molecule has 0 spiro atoms. The van der Waals surface area contributed by atoms with Crippen molar-refractivity contribution in [2.45, 2.75) is 13.5 Å². The zero-order chi connectivity index (χ0) is 15.5. The van der Waals surface area contributed by atoms with Gasteiger partial charge in [0.1, 0.15) is 0 Å². The Bertz CT molecular complexity index is 807. The number of aromatic nitrogens is 3. The van der Waals surface area contributed by atoms with E-state index < -0.39 is 5.97 Å². The van der Waals surface area contributed by atoms with Crippen LogP contribution in [0.2, 0.25) is 0 Å². The molecule has 2 aromatic carbocycles. The average Bonchev–Trinajstić information content (AvgIpc) is 2.96. The number of carbonyl (C=O) groups is 1. The van der Waals surface area contributed by atoms with Gasteiger partial charge in [0.25, 0.3) is 0 Å². The van der Waals surface area contributed by atoms with Gasteiger partial charge in [0, 0.05) is 5.56 Å². The maximum Gasteiger partial charge on any atom is 0.335 e. The molecule has 0 aliphatic rings. The smallest absolute Gasteiger partial charge is 0.335 e. The van der Waals surface area contributed by atoms with E-state index in [-0.39, 0.29) is 5.56 Å². The second-order valence-electron chi connectivity index (χ2n) is 5.15. The van der Waals surface area contributed by atoms with Crippen molar-refractivity contribution < 1.29 is 9.90 Å². The second kappa shape index (κ2) is 5.81. The minimum absolute atomic E-state index is 0.279. The molecule has 0 aliphatic heterocycles. The van der Waals surface area contributed by atoms with E-state index in [9.17, 15) is 4.79 Å². The highest BCUT2D eigenvalue weighted by molar-refractivity contribution is 5.87. The van der Waals surface area contributed by atoms with Crippen molar-refractivity contribution in [3.05, 3.63) is 71.4 Å². The number of benzene rings is 2. The topological polar surface area (TPSA) is 68.0 Å². The molecule has 1 aromatic heterocycles. The fraction of sp³-hybridized carbons (Fsp3) is 0.118. The van der Waals surface area contributed by atoms with Crippen molar-refractivity contribution in [3.8, 4) is 11.3 Å². The lowest BCUT2D eigenvalue weighted by Crippen LogP contribution is -2.05. The van der Waals surface area contributed by atoms with Crippen molar-refractivity contribution in [3.63, 3.8) is 0 Å². The first-order valence-electron chi connectivity index (χ1n) is 6.91. The Labute approximate surface area is 127 Å². The van der Waals surface area contributed by atoms with E-state index in [1.54, 1.807) is 30.5 Å². The van der Waals surface area contributed by atoms with Gasteiger partial charge in [-0.1, -0.05) is 41.1 Å². The molecule has 110 valence electrons. The summed E-state index contributed by atoms with van der Waals surface area (Å²) in [6, 6.07) is 14.9. The minimum Gasteiger partial charge on any atom is -0.478 e. The summed E-state index contributed by atoms with van der Waals surface area (Å²) in [4.78, 5) is 10.9. The third-order valence-corrected chi connectivity index (χ3v) is 3.46. The molecule has 3 rings (SSSR count). The van der Waals surface area contributed by atoms with Gasteiger partial charge in [-0.05, 0) is 30.7 Å². The van der Waals surface area contributed by atoms with Crippen molar-refractivity contribution in [2.75, 3.05) is 0 Å². The Morgan fingerprint density at radius 3 is 2.64 bits per heavy atom. The largest absolute Gasteiger partial charge is 0.478 e. The summed E-state index contributed by atoms with van der Waals surface area (Å²) in [5, 5.41) is 17.0. The molecule has 1 N–H and O–H groups in total. The summed E-state index contributed by atoms with van der Waals surface area (Å²) in [6.45, 7) is 2.59. The van der Waals surface area contributed by atoms with Gasteiger partial charge in [-0.15, -0.1) is 5.10 Å². The van der Waals surface area contributed by atoms with Crippen LogP contribution in [0.15, 0.2) is 54.7 Å². The highest BCUT2D eigenvalue weighted by atomic mass is 16.4. The van der Waals surface area contributed by atoms with E-state index in [4.69, 9.17) is 5.11 Å². The summed E-state index contributed by atoms with van der Waals surface area (Å²) in [5.74, 6) is -0.923. The van der Waals surface area contributed by atoms with E-state index in [1.807, 2.05) is 29.8 Å². The maximum atomic E-state index is 10.9. The van der Waals surface area contributed by atoms with Crippen LogP contribution in [0, 0.1) is 6.92 Å². The number of carboxylic acids is 1. The SMILES string of the molecule is Cc1cccc(-c2cnnn2Cc2ccc(C(=O)O)cc2)c1. The Morgan fingerprint density at radius 2 is 1.95 bits per heavy atom. The van der Waals surface area contributed by atoms with E-state index in [0.717, 1.165) is 16.8 Å². The van der Waals surface area contributed by atoms with Gasteiger partial charge in [-0.3, -0.25) is 0 Å². The predicted octanol–water partition coefficient (Wildman–Crippen LogP) is 3.00. The third-order valence-electron chi connectivity index (χ3n) is 3.46.